The monoisotopic (exact) mass is 408 g/mol. The highest BCUT2D eigenvalue weighted by molar-refractivity contribution is 8.19. The summed E-state index contributed by atoms with van der Waals surface area (Å²) >= 11 is 9.65. The second-order valence-electron chi connectivity index (χ2n) is 5.44. The summed E-state index contributed by atoms with van der Waals surface area (Å²) in [7, 11) is 0. The van der Waals surface area contributed by atoms with E-state index in [1.54, 1.807) is 24.3 Å². The lowest BCUT2D eigenvalue weighted by molar-refractivity contribution is -0.123. The average molecular weight is 409 g/mol. The van der Waals surface area contributed by atoms with Crippen molar-refractivity contribution >= 4 is 46.9 Å². The van der Waals surface area contributed by atoms with Crippen LogP contribution in [0.5, 0.6) is 5.75 Å². The SMILES string of the molecule is O=C(COc1ccc(C2SCCS2)cc1)NNC(=O)c1ccc(Cl)cc1. The normalized spacial score (nSPS) is 14.0. The number of thioether (sulfide) groups is 2. The molecule has 1 aliphatic heterocycles. The van der Waals surface area contributed by atoms with Crippen molar-refractivity contribution < 1.29 is 14.3 Å². The van der Waals surface area contributed by atoms with Gasteiger partial charge in [0.1, 0.15) is 5.75 Å². The molecule has 0 aliphatic carbocycles. The van der Waals surface area contributed by atoms with E-state index in [1.807, 2.05) is 47.8 Å². The quantitative estimate of drug-likeness (QED) is 0.739. The number of hydrogen-bond donors (Lipinski definition) is 2. The number of ether oxygens (including phenoxy) is 1. The Balaban J connectivity index is 1.42. The Kier molecular flexibility index (Phi) is 6.71. The van der Waals surface area contributed by atoms with Crippen molar-refractivity contribution in [2.45, 2.75) is 4.58 Å². The number of carbonyl (C=O) groups is 2. The molecular formula is C18H17ClN2O3S2. The predicted molar refractivity (Wildman–Crippen MR) is 107 cm³/mol. The van der Waals surface area contributed by atoms with Gasteiger partial charge in [0.05, 0.1) is 4.58 Å². The van der Waals surface area contributed by atoms with Crippen LogP contribution in [0.25, 0.3) is 0 Å². The topological polar surface area (TPSA) is 67.4 Å². The molecule has 2 amide bonds. The minimum atomic E-state index is -0.446. The van der Waals surface area contributed by atoms with Crippen molar-refractivity contribution in [1.82, 2.24) is 10.9 Å². The van der Waals surface area contributed by atoms with Crippen LogP contribution in [0, 0.1) is 0 Å². The van der Waals surface area contributed by atoms with Crippen LogP contribution in [0.1, 0.15) is 20.5 Å². The van der Waals surface area contributed by atoms with Gasteiger partial charge in [-0.1, -0.05) is 23.7 Å². The van der Waals surface area contributed by atoms with Crippen molar-refractivity contribution in [3.63, 3.8) is 0 Å². The zero-order valence-electron chi connectivity index (χ0n) is 13.7. The van der Waals surface area contributed by atoms with E-state index in [9.17, 15) is 9.59 Å². The first kappa shape index (κ1) is 18.9. The van der Waals surface area contributed by atoms with Crippen molar-refractivity contribution in [2.75, 3.05) is 18.1 Å². The van der Waals surface area contributed by atoms with Crippen molar-refractivity contribution in [3.8, 4) is 5.75 Å². The molecule has 2 aromatic carbocycles. The first-order valence-corrected chi connectivity index (χ1v) is 10.4. The summed E-state index contributed by atoms with van der Waals surface area (Å²) in [6, 6.07) is 14.1. The van der Waals surface area contributed by atoms with Crippen LogP contribution in [0.3, 0.4) is 0 Å². The van der Waals surface area contributed by atoms with Crippen molar-refractivity contribution in [1.29, 1.82) is 0 Å². The number of amides is 2. The Morgan fingerprint density at radius 1 is 1.00 bits per heavy atom. The molecule has 0 spiro atoms. The van der Waals surface area contributed by atoms with Gasteiger partial charge in [0.15, 0.2) is 6.61 Å². The molecule has 0 radical (unpaired) electrons. The third-order valence-corrected chi connectivity index (χ3v) is 6.92. The fourth-order valence-electron chi connectivity index (χ4n) is 2.26. The highest BCUT2D eigenvalue weighted by Crippen LogP contribution is 2.45. The molecule has 8 heteroatoms. The third kappa shape index (κ3) is 5.33. The van der Waals surface area contributed by atoms with E-state index < -0.39 is 11.8 Å². The van der Waals surface area contributed by atoms with Gasteiger partial charge in [0.2, 0.25) is 0 Å². The van der Waals surface area contributed by atoms with E-state index in [2.05, 4.69) is 10.9 Å². The molecule has 2 aromatic rings. The van der Waals surface area contributed by atoms with E-state index >= 15 is 0 Å². The molecule has 1 saturated heterocycles. The van der Waals surface area contributed by atoms with Gasteiger partial charge < -0.3 is 4.74 Å². The Morgan fingerprint density at radius 3 is 2.31 bits per heavy atom. The second kappa shape index (κ2) is 9.21. The minimum absolute atomic E-state index is 0.187. The molecule has 0 aromatic heterocycles. The number of carbonyl (C=O) groups excluding carboxylic acids is 2. The molecule has 1 fully saturated rings. The highest BCUT2D eigenvalue weighted by Gasteiger charge is 2.18. The number of hydrazine groups is 1. The Hall–Kier alpha value is -1.83. The van der Waals surface area contributed by atoms with E-state index in [0.29, 0.717) is 20.9 Å². The first-order chi connectivity index (χ1) is 12.6. The molecule has 3 rings (SSSR count). The van der Waals surface area contributed by atoms with Gasteiger partial charge in [-0.05, 0) is 42.0 Å². The van der Waals surface area contributed by atoms with E-state index in [0.717, 1.165) is 0 Å². The number of hydrogen-bond acceptors (Lipinski definition) is 5. The Labute approximate surface area is 165 Å². The third-order valence-electron chi connectivity index (χ3n) is 3.57. The number of halogens is 1. The lowest BCUT2D eigenvalue weighted by Crippen LogP contribution is -2.43. The summed E-state index contributed by atoms with van der Waals surface area (Å²) < 4.78 is 5.93. The summed E-state index contributed by atoms with van der Waals surface area (Å²) in [5.41, 5.74) is 6.30. The number of rotatable bonds is 5. The molecule has 0 atom stereocenters. The average Bonchev–Trinajstić information content (AvgIpc) is 3.20. The molecule has 136 valence electrons. The smallest absolute Gasteiger partial charge is 0.276 e. The van der Waals surface area contributed by atoms with Crippen molar-refractivity contribution in [3.05, 3.63) is 64.7 Å². The lowest BCUT2D eigenvalue weighted by atomic mass is 10.2. The molecule has 0 bridgehead atoms. The first-order valence-electron chi connectivity index (χ1n) is 7.92. The predicted octanol–water partition coefficient (Wildman–Crippen LogP) is 3.66. The standard InChI is InChI=1S/C18H17ClN2O3S2/c19-14-5-1-12(2-6-14)17(23)21-20-16(22)11-24-15-7-3-13(4-8-15)18-25-9-10-26-18/h1-8,18H,9-11H2,(H,20,22)(H,21,23). The zero-order chi connectivity index (χ0) is 18.4. The van der Waals surface area contributed by atoms with Crippen LogP contribution in [0.4, 0.5) is 0 Å². The molecule has 2 N–H and O–H groups in total. The van der Waals surface area contributed by atoms with Crippen LogP contribution in [0.15, 0.2) is 48.5 Å². The molecule has 1 aliphatic rings. The van der Waals surface area contributed by atoms with Crippen LogP contribution in [-0.4, -0.2) is 29.9 Å². The zero-order valence-corrected chi connectivity index (χ0v) is 16.1. The lowest BCUT2D eigenvalue weighted by Gasteiger charge is -2.11. The molecule has 0 unspecified atom stereocenters. The van der Waals surface area contributed by atoms with E-state index in [-0.39, 0.29) is 6.61 Å². The van der Waals surface area contributed by atoms with Gasteiger partial charge in [0, 0.05) is 22.1 Å². The highest BCUT2D eigenvalue weighted by atomic mass is 35.5. The van der Waals surface area contributed by atoms with Crippen LogP contribution >= 0.6 is 35.1 Å². The summed E-state index contributed by atoms with van der Waals surface area (Å²) in [6.45, 7) is -0.187. The maximum Gasteiger partial charge on any atom is 0.276 e. The van der Waals surface area contributed by atoms with E-state index in [4.69, 9.17) is 16.3 Å². The maximum absolute atomic E-state index is 11.9. The number of benzene rings is 2. The fourth-order valence-corrected chi connectivity index (χ4v) is 5.24. The molecule has 26 heavy (non-hydrogen) atoms. The van der Waals surface area contributed by atoms with Gasteiger partial charge in [-0.2, -0.15) is 0 Å². The van der Waals surface area contributed by atoms with Crippen LogP contribution in [-0.2, 0) is 4.79 Å². The maximum atomic E-state index is 11.9. The summed E-state index contributed by atoms with van der Waals surface area (Å²) in [6.07, 6.45) is 0. The fraction of sp³-hybridized carbons (Fsp3) is 0.222. The van der Waals surface area contributed by atoms with Gasteiger partial charge >= 0.3 is 0 Å². The van der Waals surface area contributed by atoms with Crippen LogP contribution < -0.4 is 15.6 Å². The molecule has 5 nitrogen and oxygen atoms in total. The van der Waals surface area contributed by atoms with Gasteiger partial charge in [-0.25, -0.2) is 0 Å². The van der Waals surface area contributed by atoms with E-state index in [1.165, 1.54) is 17.1 Å². The van der Waals surface area contributed by atoms with Crippen LogP contribution in [0.2, 0.25) is 5.02 Å². The summed E-state index contributed by atoms with van der Waals surface area (Å²) in [4.78, 5) is 23.7. The van der Waals surface area contributed by atoms with Gasteiger partial charge in [-0.3, -0.25) is 20.4 Å². The molecule has 0 saturated carbocycles. The minimum Gasteiger partial charge on any atom is -0.484 e. The number of nitrogens with one attached hydrogen (secondary N) is 2. The summed E-state index contributed by atoms with van der Waals surface area (Å²) in [5, 5.41) is 0.537. The summed E-state index contributed by atoms with van der Waals surface area (Å²) in [5.74, 6) is 2.09. The van der Waals surface area contributed by atoms with Gasteiger partial charge in [-0.15, -0.1) is 23.5 Å². The Morgan fingerprint density at radius 2 is 1.65 bits per heavy atom. The second-order valence-corrected chi connectivity index (χ2v) is 8.60. The van der Waals surface area contributed by atoms with Gasteiger partial charge in [0.25, 0.3) is 11.8 Å². The largest absolute Gasteiger partial charge is 0.484 e. The molecular weight excluding hydrogens is 392 g/mol. The molecule has 1 heterocycles. The van der Waals surface area contributed by atoms with Crippen molar-refractivity contribution in [2.24, 2.45) is 0 Å². The Bertz CT molecular complexity index is 763.